The minimum atomic E-state index is -0.580. The lowest BCUT2D eigenvalue weighted by Gasteiger charge is -2.34. The van der Waals surface area contributed by atoms with Crippen LogP contribution in [0.4, 0.5) is 0 Å². The largest absolute Gasteiger partial charge is 0.309 e. The van der Waals surface area contributed by atoms with Gasteiger partial charge in [0.05, 0.1) is 16.4 Å². The van der Waals surface area contributed by atoms with Crippen LogP contribution in [-0.2, 0) is 5.41 Å². The lowest BCUT2D eigenvalue weighted by atomic mass is 9.67. The maximum Gasteiger partial charge on any atom is 0.0714 e. The van der Waals surface area contributed by atoms with Crippen LogP contribution in [-0.4, -0.2) is 4.57 Å². The minimum absolute atomic E-state index is 0.580. The second-order valence-electron chi connectivity index (χ2n) is 20.3. The monoisotopic (exact) mass is 963 g/mol. The molecule has 1 heteroatoms. The van der Waals surface area contributed by atoms with Gasteiger partial charge >= 0.3 is 0 Å². The molecule has 0 bridgehead atoms. The molecule has 15 rings (SSSR count). The molecule has 1 aliphatic carbocycles. The minimum Gasteiger partial charge on any atom is -0.309 e. The Bertz CT molecular complexity index is 4300. The maximum atomic E-state index is 2.50. The van der Waals surface area contributed by atoms with E-state index in [9.17, 15) is 0 Å². The van der Waals surface area contributed by atoms with Gasteiger partial charge in [-0.3, -0.25) is 0 Å². The SMILES string of the molecule is c1ccc(-c2ccc3c(c2)C(c2ccccc2)(c2ccccc2)c2cc(-n4c5ccc(-c6ccc(-c7cccc8ccccc78)cc6)cc5c5cc(-c6ccc(-c7cccc8ccccc78)cc6)ccc54)ccc2-3)cc1. The number of rotatable bonds is 8. The Kier molecular flexibility index (Phi) is 10.2. The molecule has 0 N–H and O–H groups in total. The first-order valence-corrected chi connectivity index (χ1v) is 26.4. The van der Waals surface area contributed by atoms with E-state index in [1.54, 1.807) is 0 Å². The smallest absolute Gasteiger partial charge is 0.0714 e. The first-order valence-electron chi connectivity index (χ1n) is 26.4. The molecule has 1 aliphatic rings. The van der Waals surface area contributed by atoms with E-state index in [2.05, 4.69) is 302 Å². The molecule has 0 saturated heterocycles. The van der Waals surface area contributed by atoms with Gasteiger partial charge in [0.25, 0.3) is 0 Å². The molecule has 354 valence electrons. The number of nitrogens with zero attached hydrogens (tertiary/aromatic N) is 1. The molecule has 0 amide bonds. The molecule has 1 heterocycles. The molecule has 0 saturated carbocycles. The number of benzene rings is 13. The van der Waals surface area contributed by atoms with Gasteiger partial charge in [-0.1, -0.05) is 255 Å². The highest BCUT2D eigenvalue weighted by Crippen LogP contribution is 2.57. The molecule has 0 fully saturated rings. The van der Waals surface area contributed by atoms with E-state index < -0.39 is 5.41 Å². The molecule has 0 spiro atoms. The molecule has 0 unspecified atom stereocenters. The van der Waals surface area contributed by atoms with Crippen LogP contribution in [0.5, 0.6) is 0 Å². The molecule has 1 aromatic heterocycles. The van der Waals surface area contributed by atoms with Gasteiger partial charge in [-0.2, -0.15) is 0 Å². The fraction of sp³-hybridized carbons (Fsp3) is 0.0133. The Labute approximate surface area is 442 Å². The van der Waals surface area contributed by atoms with Crippen molar-refractivity contribution in [3.63, 3.8) is 0 Å². The van der Waals surface area contributed by atoms with Crippen LogP contribution < -0.4 is 0 Å². The molecule has 0 atom stereocenters. The van der Waals surface area contributed by atoms with Crippen LogP contribution >= 0.6 is 0 Å². The molecular formula is C75H49N. The predicted molar refractivity (Wildman–Crippen MR) is 320 cm³/mol. The van der Waals surface area contributed by atoms with Gasteiger partial charge in [0, 0.05) is 16.5 Å². The maximum absolute atomic E-state index is 2.50. The first-order chi connectivity index (χ1) is 37.7. The summed E-state index contributed by atoms with van der Waals surface area (Å²) >= 11 is 0. The number of hydrogen-bond donors (Lipinski definition) is 0. The quantitative estimate of drug-likeness (QED) is 0.143. The van der Waals surface area contributed by atoms with Gasteiger partial charge in [-0.05, 0) is 153 Å². The van der Waals surface area contributed by atoms with Gasteiger partial charge in [-0.25, -0.2) is 0 Å². The molecule has 0 radical (unpaired) electrons. The van der Waals surface area contributed by atoms with E-state index in [0.29, 0.717) is 0 Å². The Morgan fingerprint density at radius 2 is 0.605 bits per heavy atom. The van der Waals surface area contributed by atoms with Crippen molar-refractivity contribution in [1.82, 2.24) is 4.57 Å². The molecule has 13 aromatic carbocycles. The highest BCUT2D eigenvalue weighted by atomic mass is 15.0. The van der Waals surface area contributed by atoms with E-state index in [1.165, 1.54) is 132 Å². The third-order valence-electron chi connectivity index (χ3n) is 16.3. The summed E-state index contributed by atoms with van der Waals surface area (Å²) < 4.78 is 2.50. The van der Waals surface area contributed by atoms with Crippen LogP contribution in [0.1, 0.15) is 22.3 Å². The topological polar surface area (TPSA) is 4.93 Å². The second-order valence-corrected chi connectivity index (χ2v) is 20.3. The van der Waals surface area contributed by atoms with Crippen LogP contribution in [0.2, 0.25) is 0 Å². The van der Waals surface area contributed by atoms with Gasteiger partial charge in [0.1, 0.15) is 0 Å². The molecule has 76 heavy (non-hydrogen) atoms. The Morgan fingerprint density at radius 3 is 1.13 bits per heavy atom. The van der Waals surface area contributed by atoms with E-state index in [0.717, 1.165) is 5.69 Å². The Morgan fingerprint density at radius 1 is 0.224 bits per heavy atom. The van der Waals surface area contributed by atoms with Crippen molar-refractivity contribution in [3.05, 3.63) is 320 Å². The lowest BCUT2D eigenvalue weighted by molar-refractivity contribution is 0.768. The summed E-state index contributed by atoms with van der Waals surface area (Å²) in [6, 6.07) is 110. The fourth-order valence-corrected chi connectivity index (χ4v) is 12.7. The number of fused-ring (bicyclic) bond motifs is 8. The molecule has 1 nitrogen and oxygen atoms in total. The first kappa shape index (κ1) is 43.7. The van der Waals surface area contributed by atoms with Crippen LogP contribution in [0.15, 0.2) is 297 Å². The number of hydrogen-bond acceptors (Lipinski definition) is 0. The predicted octanol–water partition coefficient (Wildman–Crippen LogP) is 19.8. The van der Waals surface area contributed by atoms with Crippen LogP contribution in [0.25, 0.3) is 116 Å². The van der Waals surface area contributed by atoms with Crippen molar-refractivity contribution in [2.45, 2.75) is 5.41 Å². The van der Waals surface area contributed by atoms with Crippen molar-refractivity contribution in [2.24, 2.45) is 0 Å². The van der Waals surface area contributed by atoms with Crippen LogP contribution in [0.3, 0.4) is 0 Å². The van der Waals surface area contributed by atoms with E-state index >= 15 is 0 Å². The summed E-state index contributed by atoms with van der Waals surface area (Å²) in [5, 5.41) is 7.47. The highest BCUT2D eigenvalue weighted by molar-refractivity contribution is 6.12. The summed E-state index contributed by atoms with van der Waals surface area (Å²) in [5.74, 6) is 0. The van der Waals surface area contributed by atoms with Gasteiger partial charge in [-0.15, -0.1) is 0 Å². The molecule has 0 aliphatic heterocycles. The second kappa shape index (κ2) is 17.7. The number of aromatic nitrogens is 1. The van der Waals surface area contributed by atoms with Gasteiger partial charge < -0.3 is 4.57 Å². The zero-order chi connectivity index (χ0) is 50.2. The zero-order valence-corrected chi connectivity index (χ0v) is 41.7. The summed E-state index contributed by atoms with van der Waals surface area (Å²) in [6.07, 6.45) is 0. The van der Waals surface area contributed by atoms with Crippen LogP contribution in [0, 0.1) is 0 Å². The third kappa shape index (κ3) is 6.94. The van der Waals surface area contributed by atoms with Crippen molar-refractivity contribution < 1.29 is 0 Å². The summed E-state index contributed by atoms with van der Waals surface area (Å²) in [4.78, 5) is 0. The highest BCUT2D eigenvalue weighted by Gasteiger charge is 2.46. The Balaban J connectivity index is 0.919. The van der Waals surface area contributed by atoms with E-state index in [-0.39, 0.29) is 0 Å². The van der Waals surface area contributed by atoms with Crippen molar-refractivity contribution in [1.29, 1.82) is 0 Å². The Hall–Kier alpha value is -9.82. The average molecular weight is 964 g/mol. The van der Waals surface area contributed by atoms with Crippen molar-refractivity contribution in [2.75, 3.05) is 0 Å². The normalized spacial score (nSPS) is 12.6. The van der Waals surface area contributed by atoms with E-state index in [1.807, 2.05) is 0 Å². The van der Waals surface area contributed by atoms with Crippen molar-refractivity contribution >= 4 is 43.4 Å². The van der Waals surface area contributed by atoms with Gasteiger partial charge in [0.15, 0.2) is 0 Å². The summed E-state index contributed by atoms with van der Waals surface area (Å²) in [5.41, 5.74) is 22.6. The third-order valence-corrected chi connectivity index (χ3v) is 16.3. The average Bonchev–Trinajstić information content (AvgIpc) is 4.04. The summed E-state index contributed by atoms with van der Waals surface area (Å²) in [6.45, 7) is 0. The lowest BCUT2D eigenvalue weighted by Crippen LogP contribution is -2.28. The standard InChI is InChI=1S/C75H49N/c1-4-16-50(17-5-1)59-38-42-67-68-43-41-62(49-72(68)75(71(67)48-59,60-22-6-2-7-23-60)61-24-8-3-9-25-61)76-73-44-39-57(51-30-34-55(35-31-51)65-28-14-20-53-18-10-12-26-63(53)65)46-69(73)70-47-58(40-45-74(70)76)52-32-36-56(37-33-52)66-29-15-21-54-19-11-13-27-64(54)66/h1-49H. The summed E-state index contributed by atoms with van der Waals surface area (Å²) in [7, 11) is 0. The zero-order valence-electron chi connectivity index (χ0n) is 41.7. The molecular weight excluding hydrogens is 915 g/mol. The molecule has 14 aromatic rings. The van der Waals surface area contributed by atoms with Crippen molar-refractivity contribution in [3.8, 4) is 72.4 Å². The fourth-order valence-electron chi connectivity index (χ4n) is 12.7. The van der Waals surface area contributed by atoms with Gasteiger partial charge in [0.2, 0.25) is 0 Å². The van der Waals surface area contributed by atoms with E-state index in [4.69, 9.17) is 0 Å².